The molecule has 1 aromatic rings. The largest absolute Gasteiger partial charge is 0.309 e. The highest BCUT2D eigenvalue weighted by Gasteiger charge is 2.25. The number of carbonyl (C=O) groups is 1. The monoisotopic (exact) mass is 275 g/mol. The van der Waals surface area contributed by atoms with E-state index in [2.05, 4.69) is 4.90 Å². The Balaban J connectivity index is 2.25. The fourth-order valence-corrected chi connectivity index (χ4v) is 2.76. The summed E-state index contributed by atoms with van der Waals surface area (Å²) >= 11 is 0. The van der Waals surface area contributed by atoms with Gasteiger partial charge in [0.05, 0.1) is 0 Å². The summed E-state index contributed by atoms with van der Waals surface area (Å²) in [6.45, 7) is 0.771. The molecule has 1 aliphatic carbocycles. The van der Waals surface area contributed by atoms with Crippen molar-refractivity contribution in [1.82, 2.24) is 4.90 Å². The Hall–Kier alpha value is -1.48. The zero-order chi connectivity index (χ0) is 14.5. The van der Waals surface area contributed by atoms with Gasteiger partial charge < -0.3 is 4.90 Å². The molecule has 108 valence electrons. The first-order valence-electron chi connectivity index (χ1n) is 7.22. The highest BCUT2D eigenvalue weighted by molar-refractivity contribution is 6.01. The maximum atomic E-state index is 13.7. The summed E-state index contributed by atoms with van der Waals surface area (Å²) in [7, 11) is 3.97. The number of ketones is 1. The number of hydrogen-bond acceptors (Lipinski definition) is 2. The molecule has 0 spiro atoms. The summed E-state index contributed by atoms with van der Waals surface area (Å²) in [6.07, 6.45) is 5.52. The van der Waals surface area contributed by atoms with Gasteiger partial charge in [0.2, 0.25) is 0 Å². The molecule has 0 saturated heterocycles. The zero-order valence-electron chi connectivity index (χ0n) is 12.2. The molecule has 0 bridgehead atoms. The van der Waals surface area contributed by atoms with Crippen molar-refractivity contribution in [2.24, 2.45) is 5.92 Å². The highest BCUT2D eigenvalue weighted by Crippen LogP contribution is 2.26. The van der Waals surface area contributed by atoms with E-state index >= 15 is 0 Å². The third-order valence-electron chi connectivity index (χ3n) is 3.76. The van der Waals surface area contributed by atoms with E-state index in [4.69, 9.17) is 0 Å². The van der Waals surface area contributed by atoms with Crippen LogP contribution in [0.25, 0.3) is 6.08 Å². The Kier molecular flexibility index (Phi) is 5.07. The number of rotatable bonds is 3. The van der Waals surface area contributed by atoms with E-state index in [1.165, 1.54) is 6.07 Å². The van der Waals surface area contributed by atoms with E-state index in [0.717, 1.165) is 37.8 Å². The highest BCUT2D eigenvalue weighted by atomic mass is 19.1. The first kappa shape index (κ1) is 14.9. The average molecular weight is 275 g/mol. The SMILES string of the molecule is CN(C)CC1CCCCC(=Cc2ccccc2F)C1=O. The number of halogens is 1. The molecule has 2 rings (SSSR count). The molecule has 20 heavy (non-hydrogen) atoms. The van der Waals surface area contributed by atoms with Gasteiger partial charge in [0.1, 0.15) is 5.82 Å². The van der Waals surface area contributed by atoms with Crippen LogP contribution in [0.5, 0.6) is 0 Å². The number of Topliss-reactive ketones (excluding diaryl/α,β-unsaturated/α-hetero) is 1. The van der Waals surface area contributed by atoms with Crippen LogP contribution in [0.4, 0.5) is 4.39 Å². The summed E-state index contributed by atoms with van der Waals surface area (Å²) in [5.41, 5.74) is 1.29. The van der Waals surface area contributed by atoms with Crippen LogP contribution in [0.2, 0.25) is 0 Å². The van der Waals surface area contributed by atoms with Crippen molar-refractivity contribution in [2.75, 3.05) is 20.6 Å². The molecule has 3 heteroatoms. The van der Waals surface area contributed by atoms with Gasteiger partial charge in [0.25, 0.3) is 0 Å². The van der Waals surface area contributed by atoms with Crippen LogP contribution < -0.4 is 0 Å². The normalized spacial score (nSPS) is 22.3. The van der Waals surface area contributed by atoms with Crippen LogP contribution >= 0.6 is 0 Å². The molecule has 0 aromatic heterocycles. The Morgan fingerprint density at radius 1 is 1.30 bits per heavy atom. The van der Waals surface area contributed by atoms with E-state index in [1.54, 1.807) is 24.3 Å². The third kappa shape index (κ3) is 3.76. The average Bonchev–Trinajstić information content (AvgIpc) is 2.56. The molecule has 1 aliphatic rings. The van der Waals surface area contributed by atoms with Gasteiger partial charge in [-0.2, -0.15) is 0 Å². The molecular formula is C17H22FNO. The van der Waals surface area contributed by atoms with Crippen molar-refractivity contribution in [3.05, 3.63) is 41.2 Å². The number of benzene rings is 1. The van der Waals surface area contributed by atoms with E-state index in [0.29, 0.717) is 5.56 Å². The summed E-state index contributed by atoms with van der Waals surface area (Å²) in [5.74, 6) is -0.0221. The summed E-state index contributed by atoms with van der Waals surface area (Å²) < 4.78 is 13.7. The molecule has 1 atom stereocenters. The Morgan fingerprint density at radius 2 is 2.05 bits per heavy atom. The molecule has 0 N–H and O–H groups in total. The Bertz CT molecular complexity index is 507. The molecule has 0 heterocycles. The van der Waals surface area contributed by atoms with Gasteiger partial charge in [0, 0.05) is 18.0 Å². The van der Waals surface area contributed by atoms with E-state index in [9.17, 15) is 9.18 Å². The molecule has 1 unspecified atom stereocenters. The van der Waals surface area contributed by atoms with Gasteiger partial charge in [0.15, 0.2) is 5.78 Å². The van der Waals surface area contributed by atoms with E-state index in [-0.39, 0.29) is 17.5 Å². The lowest BCUT2D eigenvalue weighted by molar-refractivity contribution is -0.119. The fraction of sp³-hybridized carbons (Fsp3) is 0.471. The molecule has 1 fully saturated rings. The second-order valence-electron chi connectivity index (χ2n) is 5.76. The van der Waals surface area contributed by atoms with E-state index in [1.807, 2.05) is 14.1 Å². The lowest BCUT2D eigenvalue weighted by atomic mass is 9.94. The lowest BCUT2D eigenvalue weighted by Gasteiger charge is -2.18. The minimum atomic E-state index is -0.263. The molecule has 0 radical (unpaired) electrons. The van der Waals surface area contributed by atoms with Crippen molar-refractivity contribution in [1.29, 1.82) is 0 Å². The van der Waals surface area contributed by atoms with Crippen LogP contribution in [0.3, 0.4) is 0 Å². The number of nitrogens with zero attached hydrogens (tertiary/aromatic N) is 1. The maximum Gasteiger partial charge on any atom is 0.163 e. The Labute approximate surface area is 120 Å². The lowest BCUT2D eigenvalue weighted by Crippen LogP contribution is -2.27. The topological polar surface area (TPSA) is 20.3 Å². The van der Waals surface area contributed by atoms with Crippen LogP contribution in [-0.2, 0) is 4.79 Å². The van der Waals surface area contributed by atoms with Crippen molar-refractivity contribution >= 4 is 11.9 Å². The van der Waals surface area contributed by atoms with Gasteiger partial charge >= 0.3 is 0 Å². The molecular weight excluding hydrogens is 253 g/mol. The summed E-state index contributed by atoms with van der Waals surface area (Å²) in [5, 5.41) is 0. The molecule has 1 saturated carbocycles. The first-order chi connectivity index (χ1) is 9.58. The van der Waals surface area contributed by atoms with Crippen molar-refractivity contribution in [2.45, 2.75) is 25.7 Å². The molecule has 0 amide bonds. The predicted octanol–water partition coefficient (Wildman–Crippen LogP) is 3.53. The minimum absolute atomic E-state index is 0.0468. The predicted molar refractivity (Wildman–Crippen MR) is 79.9 cm³/mol. The van der Waals surface area contributed by atoms with Gasteiger partial charge in [-0.1, -0.05) is 24.6 Å². The van der Waals surface area contributed by atoms with Crippen LogP contribution in [0, 0.1) is 11.7 Å². The summed E-state index contributed by atoms with van der Waals surface area (Å²) in [4.78, 5) is 14.6. The second-order valence-corrected chi connectivity index (χ2v) is 5.76. The first-order valence-corrected chi connectivity index (χ1v) is 7.22. The maximum absolute atomic E-state index is 13.7. The third-order valence-corrected chi connectivity index (χ3v) is 3.76. The Morgan fingerprint density at radius 3 is 2.75 bits per heavy atom. The van der Waals surface area contributed by atoms with Gasteiger partial charge in [-0.25, -0.2) is 4.39 Å². The molecule has 1 aromatic carbocycles. The van der Waals surface area contributed by atoms with Crippen LogP contribution in [0.15, 0.2) is 29.8 Å². The van der Waals surface area contributed by atoms with Gasteiger partial charge in [-0.05, 0) is 51.1 Å². The molecule has 2 nitrogen and oxygen atoms in total. The van der Waals surface area contributed by atoms with Crippen molar-refractivity contribution in [3.63, 3.8) is 0 Å². The fourth-order valence-electron chi connectivity index (χ4n) is 2.76. The minimum Gasteiger partial charge on any atom is -0.309 e. The second kappa shape index (κ2) is 6.80. The van der Waals surface area contributed by atoms with Crippen molar-refractivity contribution < 1.29 is 9.18 Å². The zero-order valence-corrected chi connectivity index (χ0v) is 12.2. The van der Waals surface area contributed by atoms with E-state index < -0.39 is 0 Å². The number of allylic oxidation sites excluding steroid dienone is 1. The van der Waals surface area contributed by atoms with Crippen LogP contribution in [-0.4, -0.2) is 31.3 Å². The smallest absolute Gasteiger partial charge is 0.163 e. The standard InChI is InChI=1S/C17H22FNO/c1-19(2)12-15-9-4-3-8-14(17(15)20)11-13-7-5-6-10-16(13)18/h5-7,10-11,15H,3-4,8-9,12H2,1-2H3. The molecule has 0 aliphatic heterocycles. The van der Waals surface area contributed by atoms with Crippen LogP contribution in [0.1, 0.15) is 31.2 Å². The van der Waals surface area contributed by atoms with Gasteiger partial charge in [-0.15, -0.1) is 0 Å². The number of hydrogen-bond donors (Lipinski definition) is 0. The van der Waals surface area contributed by atoms with Crippen molar-refractivity contribution in [3.8, 4) is 0 Å². The summed E-state index contributed by atoms with van der Waals surface area (Å²) in [6, 6.07) is 6.63. The quantitative estimate of drug-likeness (QED) is 0.621. The number of carbonyl (C=O) groups excluding carboxylic acids is 1. The van der Waals surface area contributed by atoms with Gasteiger partial charge in [-0.3, -0.25) is 4.79 Å².